The van der Waals surface area contributed by atoms with E-state index in [0.717, 1.165) is 4.90 Å². The molecular weight excluding hydrogens is 278 g/mol. The molecule has 1 fully saturated rings. The second-order valence-electron chi connectivity index (χ2n) is 6.14. The topological polar surface area (TPSA) is 41.9 Å². The van der Waals surface area contributed by atoms with Crippen LogP contribution in [0.25, 0.3) is 0 Å². The molecule has 2 unspecified atom stereocenters. The fourth-order valence-corrected chi connectivity index (χ4v) is 4.38. The molecule has 2 aliphatic carbocycles. The minimum Gasteiger partial charge on any atom is -0.493 e. The molecule has 5 atom stereocenters. The molecule has 1 aromatic carbocycles. The summed E-state index contributed by atoms with van der Waals surface area (Å²) in [7, 11) is -2.79. The lowest BCUT2D eigenvalue weighted by molar-refractivity contribution is -0.0453. The molecule has 0 aromatic heterocycles. The van der Waals surface area contributed by atoms with Gasteiger partial charge in [0.15, 0.2) is 11.5 Å². The van der Waals surface area contributed by atoms with Gasteiger partial charge in [-0.05, 0) is 38.0 Å². The second kappa shape index (κ2) is 4.06. The molecule has 0 saturated carbocycles. The number of nitrogens with zero attached hydrogens (tertiary/aromatic N) is 1. The van der Waals surface area contributed by atoms with E-state index in [9.17, 15) is 7.85 Å². The van der Waals surface area contributed by atoms with E-state index in [1.165, 1.54) is 24.3 Å². The van der Waals surface area contributed by atoms with E-state index in [-0.39, 0.29) is 30.9 Å². The predicted octanol–water partition coefficient (Wildman–Crippen LogP) is 1.50. The largest absolute Gasteiger partial charge is 0.493 e. The molecule has 4 aliphatic rings. The summed E-state index contributed by atoms with van der Waals surface area (Å²) in [5, 5.41) is 10.8. The average Bonchev–Trinajstić information content (AvgIpc) is 2.88. The van der Waals surface area contributed by atoms with Crippen LogP contribution in [0.1, 0.15) is 29.9 Å². The van der Waals surface area contributed by atoms with Gasteiger partial charge in [-0.3, -0.25) is 0 Å². The first-order chi connectivity index (χ1) is 14.1. The van der Waals surface area contributed by atoms with Crippen LogP contribution in [-0.4, -0.2) is 48.8 Å². The Balaban J connectivity index is 1.84. The zero-order valence-corrected chi connectivity index (χ0v) is 11.7. The van der Waals surface area contributed by atoms with Crippen LogP contribution < -0.4 is 9.47 Å². The minimum absolute atomic E-state index is 0.0348. The third-order valence-corrected chi connectivity index (χ3v) is 5.26. The fraction of sp³-hybridized carbons (Fsp3) is 0.556. The molecule has 2 heterocycles. The minimum atomic E-state index is -2.79. The van der Waals surface area contributed by atoms with Crippen molar-refractivity contribution < 1.29 is 26.9 Å². The van der Waals surface area contributed by atoms with Crippen LogP contribution in [0.4, 0.5) is 0 Å². The quantitative estimate of drug-likeness (QED) is 0.799. The first kappa shape index (κ1) is 6.93. The van der Waals surface area contributed by atoms with Gasteiger partial charge in [0.2, 0.25) is 0 Å². The van der Waals surface area contributed by atoms with Crippen LogP contribution >= 0.6 is 0 Å². The van der Waals surface area contributed by atoms with Crippen molar-refractivity contribution >= 4 is 0 Å². The lowest BCUT2D eigenvalue weighted by Gasteiger charge is -2.56. The van der Waals surface area contributed by atoms with Crippen LogP contribution in [0.15, 0.2) is 24.3 Å². The van der Waals surface area contributed by atoms with Gasteiger partial charge in [-0.2, -0.15) is 0 Å². The van der Waals surface area contributed by atoms with Gasteiger partial charge in [0, 0.05) is 29.7 Å². The van der Waals surface area contributed by atoms with E-state index < -0.39 is 43.5 Å². The highest BCUT2D eigenvalue weighted by molar-refractivity contribution is 5.62. The average molecular weight is 308 g/mol. The molecule has 1 spiro atoms. The Hall–Kier alpha value is -1.52. The standard InChI is InChI=1S/C18H21NO3/c1-19-8-7-18-11-4-5-13(20)17(18)22-16-14(21-2)6-3-10(15(16)18)9-12(11)19/h3-6,11-13,17,20H,7-9H2,1-2H3/t11-,12+,13?,17?,18-/m0/s1/i1D3,2D3,11D,12D,17D. The highest BCUT2D eigenvalue weighted by atomic mass is 16.5. The first-order valence-corrected chi connectivity index (χ1v) is 7.30. The second-order valence-corrected chi connectivity index (χ2v) is 6.14. The van der Waals surface area contributed by atoms with E-state index in [0.29, 0.717) is 11.1 Å². The van der Waals surface area contributed by atoms with Gasteiger partial charge < -0.3 is 19.5 Å². The predicted molar refractivity (Wildman–Crippen MR) is 82.5 cm³/mol. The van der Waals surface area contributed by atoms with Crippen molar-refractivity contribution in [2.24, 2.45) is 5.89 Å². The molecule has 22 heavy (non-hydrogen) atoms. The normalized spacial score (nSPS) is 58.2. The van der Waals surface area contributed by atoms with Gasteiger partial charge in [-0.1, -0.05) is 18.2 Å². The number of hydrogen-bond acceptors (Lipinski definition) is 4. The maximum absolute atomic E-state index is 10.8. The van der Waals surface area contributed by atoms with Gasteiger partial charge in [0.05, 0.1) is 12.5 Å². The molecular formula is C18H21NO3. The number of likely N-dealkylation sites (N-methyl/N-ethyl adjacent to an activating group) is 1. The van der Waals surface area contributed by atoms with Gasteiger partial charge in [0.1, 0.15) is 12.2 Å². The van der Waals surface area contributed by atoms with E-state index >= 15 is 0 Å². The van der Waals surface area contributed by atoms with E-state index in [1.54, 1.807) is 0 Å². The maximum atomic E-state index is 10.8. The van der Waals surface area contributed by atoms with Crippen molar-refractivity contribution in [1.82, 2.24) is 4.90 Å². The van der Waals surface area contributed by atoms with Gasteiger partial charge in [-0.15, -0.1) is 0 Å². The third kappa shape index (κ3) is 1.28. The summed E-state index contributed by atoms with van der Waals surface area (Å²) in [6.45, 7) is -2.76. The summed E-state index contributed by atoms with van der Waals surface area (Å²) in [6.07, 6.45) is -1.30. The molecule has 0 amide bonds. The Bertz CT molecular complexity index is 1010. The monoisotopic (exact) mass is 308 g/mol. The van der Waals surface area contributed by atoms with Crippen LogP contribution in [-0.2, 0) is 11.8 Å². The number of aliphatic hydroxyl groups excluding tert-OH is 1. The number of benzene rings is 1. The molecule has 1 aromatic rings. The number of piperidine rings is 1. The van der Waals surface area contributed by atoms with Crippen molar-refractivity contribution in [3.05, 3.63) is 35.4 Å². The van der Waals surface area contributed by atoms with Gasteiger partial charge in [-0.25, -0.2) is 0 Å². The Morgan fingerprint density at radius 3 is 3.32 bits per heavy atom. The zero-order chi connectivity index (χ0) is 22.8. The number of hydrogen-bond donors (Lipinski definition) is 1. The molecule has 4 nitrogen and oxygen atoms in total. The summed E-state index contributed by atoms with van der Waals surface area (Å²) in [4.78, 5) is 1.01. The van der Waals surface area contributed by atoms with Crippen LogP contribution in [0.2, 0.25) is 0 Å². The van der Waals surface area contributed by atoms with Crippen LogP contribution in [0.3, 0.4) is 0 Å². The van der Waals surface area contributed by atoms with Gasteiger partial charge in [0.25, 0.3) is 0 Å². The lowest BCUT2D eigenvalue weighted by Crippen LogP contribution is -2.64. The number of rotatable bonds is 1. The van der Waals surface area contributed by atoms with Crippen molar-refractivity contribution in [3.63, 3.8) is 0 Å². The van der Waals surface area contributed by atoms with E-state index in [1.807, 2.05) is 0 Å². The molecule has 4 heteroatoms. The molecule has 2 aliphatic heterocycles. The number of aliphatic hydroxyl groups is 1. The third-order valence-electron chi connectivity index (χ3n) is 5.26. The van der Waals surface area contributed by atoms with Crippen LogP contribution in [0.5, 0.6) is 11.5 Å². The van der Waals surface area contributed by atoms with Gasteiger partial charge >= 0.3 is 0 Å². The van der Waals surface area contributed by atoms with Crippen molar-refractivity contribution in [2.45, 2.75) is 36.5 Å². The maximum Gasteiger partial charge on any atom is 0.165 e. The van der Waals surface area contributed by atoms with E-state index in [2.05, 4.69) is 0 Å². The molecule has 5 rings (SSSR count). The number of methoxy groups -OCH3 is 1. The SMILES string of the molecule is [2H]C([2H])([2H])Oc1ccc2c3c1OC1([2H])C(O)C=C[C@@]4([2H])[C@@]([2H])(C2)N(C([2H])([2H])[2H])CC[C@]314. The summed E-state index contributed by atoms with van der Waals surface area (Å²) in [5.74, 6) is -2.13. The summed E-state index contributed by atoms with van der Waals surface area (Å²) >= 11 is 0. The Morgan fingerprint density at radius 1 is 1.50 bits per heavy atom. The van der Waals surface area contributed by atoms with Crippen LogP contribution in [0, 0.1) is 5.89 Å². The number of likely N-dealkylation sites (tertiary alicyclic amines) is 1. The highest BCUT2D eigenvalue weighted by Crippen LogP contribution is 2.62. The summed E-state index contributed by atoms with van der Waals surface area (Å²) < 4.78 is 85.0. The smallest absolute Gasteiger partial charge is 0.165 e. The highest BCUT2D eigenvalue weighted by Gasteiger charge is 2.64. The lowest BCUT2D eigenvalue weighted by atomic mass is 9.53. The number of ether oxygens (including phenoxy) is 2. The summed E-state index contributed by atoms with van der Waals surface area (Å²) in [5.41, 5.74) is -0.749. The summed E-state index contributed by atoms with van der Waals surface area (Å²) in [6, 6.07) is 0.921. The molecule has 1 N–H and O–H groups in total. The Morgan fingerprint density at radius 2 is 2.45 bits per heavy atom. The van der Waals surface area contributed by atoms with Crippen molar-refractivity contribution in [1.29, 1.82) is 0 Å². The molecule has 1 saturated heterocycles. The first-order valence-electron chi connectivity index (χ1n) is 11.8. The van der Waals surface area contributed by atoms with E-state index in [4.69, 9.17) is 19.1 Å². The van der Waals surface area contributed by atoms with Crippen molar-refractivity contribution in [3.8, 4) is 11.5 Å². The zero-order valence-electron chi connectivity index (χ0n) is 20.7. The van der Waals surface area contributed by atoms with Crippen molar-refractivity contribution in [2.75, 3.05) is 20.6 Å². The molecule has 2 bridgehead atoms. The molecule has 116 valence electrons. The Kier molecular flexibility index (Phi) is 1.28. The fourth-order valence-electron chi connectivity index (χ4n) is 4.38. The Labute approximate surface area is 143 Å². The molecule has 0 radical (unpaired) electrons.